The maximum Gasteiger partial charge on any atom is 0.264 e. The number of hydrogen-bond donors (Lipinski definition) is 0. The number of thiophene rings is 1. The number of fused-ring (bicyclic) bond motifs is 1. The van der Waals surface area contributed by atoms with Crippen molar-refractivity contribution in [3.8, 4) is 17.3 Å². The van der Waals surface area contributed by atoms with Crippen molar-refractivity contribution in [3.05, 3.63) is 47.0 Å². The predicted molar refractivity (Wildman–Crippen MR) is 97.7 cm³/mol. The van der Waals surface area contributed by atoms with Crippen LogP contribution in [0.1, 0.15) is 15.4 Å². The van der Waals surface area contributed by atoms with E-state index in [1.54, 1.807) is 0 Å². The van der Waals surface area contributed by atoms with Gasteiger partial charge in [-0.1, -0.05) is 12.1 Å². The summed E-state index contributed by atoms with van der Waals surface area (Å²) >= 11 is 1.52. The Kier molecular flexibility index (Phi) is 4.04. The summed E-state index contributed by atoms with van der Waals surface area (Å²) in [5.41, 5.74) is 2.64. The molecule has 0 N–H and O–H groups in total. The minimum absolute atomic E-state index is 0.0695. The van der Waals surface area contributed by atoms with Gasteiger partial charge in [-0.3, -0.25) is 4.79 Å². The fraction of sp³-hybridized carbons (Fsp3) is 0.263. The summed E-state index contributed by atoms with van der Waals surface area (Å²) in [7, 11) is 1.89. The van der Waals surface area contributed by atoms with Crippen molar-refractivity contribution in [3.63, 3.8) is 0 Å². The molecule has 1 saturated heterocycles. The predicted octanol–water partition coefficient (Wildman–Crippen LogP) is 3.25. The van der Waals surface area contributed by atoms with E-state index in [1.807, 2.05) is 52.9 Å². The average Bonchev–Trinajstić information content (AvgIpc) is 3.25. The number of benzene rings is 1. The van der Waals surface area contributed by atoms with Crippen LogP contribution in [0.2, 0.25) is 0 Å². The van der Waals surface area contributed by atoms with E-state index in [0.717, 1.165) is 26.2 Å². The lowest BCUT2D eigenvalue weighted by Crippen LogP contribution is -2.40. The molecular weight excluding hydrogens is 334 g/mol. The monoisotopic (exact) mass is 351 g/mol. The molecule has 0 radical (unpaired) electrons. The van der Waals surface area contributed by atoms with E-state index in [0.29, 0.717) is 32.0 Å². The van der Waals surface area contributed by atoms with Crippen molar-refractivity contribution in [1.82, 2.24) is 9.47 Å². The first-order valence-electron chi connectivity index (χ1n) is 8.15. The number of nitriles is 1. The molecule has 0 atom stereocenters. The second-order valence-electron chi connectivity index (χ2n) is 6.01. The van der Waals surface area contributed by atoms with Gasteiger partial charge < -0.3 is 14.2 Å². The Bertz CT molecular complexity index is 990. The Balaban J connectivity index is 1.77. The molecule has 0 saturated carbocycles. The highest BCUT2D eigenvalue weighted by Gasteiger charge is 2.21. The van der Waals surface area contributed by atoms with Crippen molar-refractivity contribution in [2.45, 2.75) is 0 Å². The summed E-state index contributed by atoms with van der Waals surface area (Å²) in [6, 6.07) is 14.0. The normalized spacial score (nSPS) is 14.6. The van der Waals surface area contributed by atoms with Gasteiger partial charge in [0.1, 0.15) is 11.8 Å². The van der Waals surface area contributed by atoms with Gasteiger partial charge in [0.15, 0.2) is 0 Å². The van der Waals surface area contributed by atoms with Crippen LogP contribution >= 0.6 is 11.3 Å². The van der Waals surface area contributed by atoms with Crippen LogP contribution in [0.5, 0.6) is 0 Å². The van der Waals surface area contributed by atoms with E-state index in [9.17, 15) is 10.1 Å². The van der Waals surface area contributed by atoms with Crippen molar-refractivity contribution < 1.29 is 9.53 Å². The largest absolute Gasteiger partial charge is 0.378 e. The quantitative estimate of drug-likeness (QED) is 0.712. The van der Waals surface area contributed by atoms with Gasteiger partial charge >= 0.3 is 0 Å². The molecule has 2 aromatic heterocycles. The van der Waals surface area contributed by atoms with Gasteiger partial charge in [-0.05, 0) is 24.3 Å². The van der Waals surface area contributed by atoms with Gasteiger partial charge in [0.2, 0.25) is 0 Å². The SMILES string of the molecule is Cn1c(C#N)ccc1-c1cccc2sc(C(=O)N3CCOCC3)cc12. The van der Waals surface area contributed by atoms with Crippen LogP contribution in [-0.4, -0.2) is 41.7 Å². The number of amides is 1. The summed E-state index contributed by atoms with van der Waals surface area (Å²) in [5.74, 6) is 0.0695. The molecule has 0 spiro atoms. The first-order chi connectivity index (χ1) is 12.2. The van der Waals surface area contributed by atoms with Crippen molar-refractivity contribution in [2.75, 3.05) is 26.3 Å². The molecule has 0 bridgehead atoms. The molecule has 3 aromatic rings. The topological polar surface area (TPSA) is 58.3 Å². The summed E-state index contributed by atoms with van der Waals surface area (Å²) < 4.78 is 8.29. The van der Waals surface area contributed by atoms with Crippen LogP contribution in [0.15, 0.2) is 36.4 Å². The van der Waals surface area contributed by atoms with E-state index in [4.69, 9.17) is 4.74 Å². The molecule has 3 heterocycles. The molecule has 1 fully saturated rings. The maximum atomic E-state index is 12.8. The number of nitrogens with zero attached hydrogens (tertiary/aromatic N) is 3. The molecule has 1 aliphatic heterocycles. The van der Waals surface area contributed by atoms with Gasteiger partial charge in [-0.25, -0.2) is 0 Å². The molecular formula is C19H17N3O2S. The van der Waals surface area contributed by atoms with E-state index >= 15 is 0 Å². The van der Waals surface area contributed by atoms with Crippen LogP contribution in [0.25, 0.3) is 21.3 Å². The molecule has 4 rings (SSSR count). The minimum Gasteiger partial charge on any atom is -0.378 e. The fourth-order valence-electron chi connectivity index (χ4n) is 3.21. The first-order valence-corrected chi connectivity index (χ1v) is 8.96. The lowest BCUT2D eigenvalue weighted by molar-refractivity contribution is 0.0306. The molecule has 1 aliphatic rings. The Morgan fingerprint density at radius 2 is 2.04 bits per heavy atom. The Hall–Kier alpha value is -2.62. The maximum absolute atomic E-state index is 12.8. The smallest absolute Gasteiger partial charge is 0.264 e. The van der Waals surface area contributed by atoms with E-state index < -0.39 is 0 Å². The number of morpholine rings is 1. The van der Waals surface area contributed by atoms with Crippen molar-refractivity contribution in [2.24, 2.45) is 7.05 Å². The molecule has 6 heteroatoms. The molecule has 5 nitrogen and oxygen atoms in total. The number of ether oxygens (including phenoxy) is 1. The number of carbonyl (C=O) groups excluding carboxylic acids is 1. The van der Waals surface area contributed by atoms with Gasteiger partial charge in [-0.15, -0.1) is 11.3 Å². The minimum atomic E-state index is 0.0695. The van der Waals surface area contributed by atoms with Crippen molar-refractivity contribution in [1.29, 1.82) is 5.26 Å². The standard InChI is InChI=1S/C19H17N3O2S/c1-21-13(12-20)5-6-16(21)14-3-2-4-17-15(14)11-18(25-17)19(23)22-7-9-24-10-8-22/h2-6,11H,7-10H2,1H3. The highest BCUT2D eigenvalue weighted by Crippen LogP contribution is 2.35. The zero-order valence-corrected chi connectivity index (χ0v) is 14.7. The number of hydrogen-bond acceptors (Lipinski definition) is 4. The lowest BCUT2D eigenvalue weighted by Gasteiger charge is -2.26. The molecule has 1 aromatic carbocycles. The van der Waals surface area contributed by atoms with Crippen LogP contribution in [0, 0.1) is 11.3 Å². The third-order valence-corrected chi connectivity index (χ3v) is 5.67. The molecule has 25 heavy (non-hydrogen) atoms. The van der Waals surface area contributed by atoms with Crippen LogP contribution in [0.3, 0.4) is 0 Å². The molecule has 0 unspecified atom stereocenters. The highest BCUT2D eigenvalue weighted by molar-refractivity contribution is 7.20. The fourth-order valence-corrected chi connectivity index (χ4v) is 4.26. The number of aromatic nitrogens is 1. The van der Waals surface area contributed by atoms with Crippen LogP contribution in [0.4, 0.5) is 0 Å². The van der Waals surface area contributed by atoms with Gasteiger partial charge in [0.25, 0.3) is 5.91 Å². The van der Waals surface area contributed by atoms with E-state index in [2.05, 4.69) is 6.07 Å². The Labute approximate surface area is 149 Å². The van der Waals surface area contributed by atoms with E-state index in [1.165, 1.54) is 11.3 Å². The first kappa shape index (κ1) is 15.9. The Morgan fingerprint density at radius 1 is 1.24 bits per heavy atom. The van der Waals surface area contributed by atoms with Gasteiger partial charge in [0, 0.05) is 41.5 Å². The van der Waals surface area contributed by atoms with Crippen molar-refractivity contribution >= 4 is 27.3 Å². The zero-order valence-electron chi connectivity index (χ0n) is 13.9. The summed E-state index contributed by atoms with van der Waals surface area (Å²) in [6.07, 6.45) is 0. The van der Waals surface area contributed by atoms with Crippen LogP contribution in [-0.2, 0) is 11.8 Å². The second kappa shape index (κ2) is 6.36. The summed E-state index contributed by atoms with van der Waals surface area (Å²) in [5, 5.41) is 10.2. The number of carbonyl (C=O) groups is 1. The third-order valence-electron chi connectivity index (χ3n) is 4.58. The summed E-state index contributed by atoms with van der Waals surface area (Å²) in [4.78, 5) is 15.4. The zero-order chi connectivity index (χ0) is 17.4. The average molecular weight is 351 g/mol. The lowest BCUT2D eigenvalue weighted by atomic mass is 10.1. The van der Waals surface area contributed by atoms with Gasteiger partial charge in [0.05, 0.1) is 18.1 Å². The third kappa shape index (κ3) is 2.72. The van der Waals surface area contributed by atoms with Crippen LogP contribution < -0.4 is 0 Å². The highest BCUT2D eigenvalue weighted by atomic mass is 32.1. The summed E-state index contributed by atoms with van der Waals surface area (Å²) in [6.45, 7) is 2.48. The Morgan fingerprint density at radius 3 is 2.76 bits per heavy atom. The molecule has 1 amide bonds. The van der Waals surface area contributed by atoms with Gasteiger partial charge in [-0.2, -0.15) is 5.26 Å². The second-order valence-corrected chi connectivity index (χ2v) is 7.09. The molecule has 0 aliphatic carbocycles. The molecule has 126 valence electrons. The van der Waals surface area contributed by atoms with E-state index in [-0.39, 0.29) is 5.91 Å². The number of rotatable bonds is 2.